The molecule has 3 aliphatic heterocycles. The van der Waals surface area contributed by atoms with Gasteiger partial charge < -0.3 is 14.5 Å². The zero-order valence-corrected chi connectivity index (χ0v) is 30.2. The van der Waals surface area contributed by atoms with Crippen LogP contribution in [-0.2, 0) is 0 Å². The van der Waals surface area contributed by atoms with Gasteiger partial charge in [0.1, 0.15) is 37.6 Å². The van der Waals surface area contributed by atoms with Crippen molar-refractivity contribution in [3.05, 3.63) is 168 Å². The Kier molecular flexibility index (Phi) is 8.37. The van der Waals surface area contributed by atoms with Gasteiger partial charge in [0.05, 0.1) is 28.8 Å². The fourth-order valence-electron chi connectivity index (χ4n) is 7.23. The van der Waals surface area contributed by atoms with Crippen LogP contribution in [0, 0.1) is 0 Å². The molecule has 3 aliphatic rings. The van der Waals surface area contributed by atoms with Gasteiger partial charge in [-0.2, -0.15) is 0 Å². The van der Waals surface area contributed by atoms with Gasteiger partial charge in [-0.3, -0.25) is 9.80 Å². The lowest BCUT2D eigenvalue weighted by atomic mass is 10.2. The minimum absolute atomic E-state index is 0.820. The Labute approximate surface area is 309 Å². The van der Waals surface area contributed by atoms with Crippen molar-refractivity contribution in [3.63, 3.8) is 0 Å². The summed E-state index contributed by atoms with van der Waals surface area (Å²) in [5.41, 5.74) is 6.91. The minimum atomic E-state index is 0.820. The van der Waals surface area contributed by atoms with Gasteiger partial charge in [-0.25, -0.2) is 9.13 Å². The normalized spacial score (nSPS) is 16.7. The van der Waals surface area contributed by atoms with Crippen molar-refractivity contribution in [2.24, 2.45) is 0 Å². The number of pyridine rings is 2. The van der Waals surface area contributed by atoms with Gasteiger partial charge in [0.25, 0.3) is 11.6 Å². The van der Waals surface area contributed by atoms with Gasteiger partial charge in [0.2, 0.25) is 5.88 Å². The zero-order valence-electron chi connectivity index (χ0n) is 29.3. The van der Waals surface area contributed by atoms with Gasteiger partial charge in [-0.1, -0.05) is 72.4 Å². The topological polar surface area (TPSA) is 29.9 Å². The number of ether oxygens (including phenoxy) is 1. The number of thioether (sulfide) groups is 1. The monoisotopic (exact) mass is 700 g/mol. The van der Waals surface area contributed by atoms with E-state index in [0.29, 0.717) is 0 Å². The lowest BCUT2D eigenvalue weighted by molar-refractivity contribution is -0.583. The van der Waals surface area contributed by atoms with E-state index in [2.05, 4.69) is 183 Å². The molecular formula is C44H40N6OS+2. The molecule has 0 unspecified atom stereocenters. The molecule has 4 aromatic carbocycles. The highest BCUT2D eigenvalue weighted by Crippen LogP contribution is 2.45. The maximum Gasteiger partial charge on any atom is 0.282 e. The smallest absolute Gasteiger partial charge is 0.282 e. The molecule has 0 radical (unpaired) electrons. The molecule has 1 saturated heterocycles. The molecule has 0 aliphatic carbocycles. The van der Waals surface area contributed by atoms with Crippen LogP contribution in [0.3, 0.4) is 0 Å². The Morgan fingerprint density at radius 3 is 1.65 bits per heavy atom. The summed E-state index contributed by atoms with van der Waals surface area (Å²) >= 11 is 1.83. The Morgan fingerprint density at radius 1 is 0.558 bits per heavy atom. The highest BCUT2D eigenvalue weighted by Gasteiger charge is 2.33. The highest BCUT2D eigenvalue weighted by atomic mass is 32.2. The predicted octanol–water partition coefficient (Wildman–Crippen LogP) is 7.93. The number of benzene rings is 4. The highest BCUT2D eigenvalue weighted by molar-refractivity contribution is 8.03. The van der Waals surface area contributed by atoms with E-state index in [1.165, 1.54) is 27.0 Å². The second kappa shape index (κ2) is 13.6. The third-order valence-corrected chi connectivity index (χ3v) is 11.2. The van der Waals surface area contributed by atoms with Crippen LogP contribution in [0.25, 0.3) is 23.5 Å². The molecular weight excluding hydrogens is 661 g/mol. The lowest BCUT2D eigenvalue weighted by Crippen LogP contribution is -2.53. The summed E-state index contributed by atoms with van der Waals surface area (Å²) < 4.78 is 10.9. The molecule has 9 rings (SSSR count). The Bertz CT molecular complexity index is 2150. The molecule has 0 N–H and O–H groups in total. The fourth-order valence-corrected chi connectivity index (χ4v) is 8.34. The number of rotatable bonds is 6. The Morgan fingerprint density at radius 2 is 1.08 bits per heavy atom. The van der Waals surface area contributed by atoms with Gasteiger partial charge in [-0.15, -0.1) is 0 Å². The predicted molar refractivity (Wildman–Crippen MR) is 213 cm³/mol. The van der Waals surface area contributed by atoms with Crippen LogP contribution in [0.2, 0.25) is 0 Å². The Hall–Kier alpha value is -5.99. The lowest BCUT2D eigenvalue weighted by Gasteiger charge is -2.29. The number of hydrogen-bond acceptors (Lipinski definition) is 6. The minimum Gasteiger partial charge on any atom is -0.439 e. The van der Waals surface area contributed by atoms with E-state index in [1.54, 1.807) is 0 Å². The molecule has 0 saturated carbocycles. The van der Waals surface area contributed by atoms with Crippen molar-refractivity contribution in [1.82, 2.24) is 0 Å². The summed E-state index contributed by atoms with van der Waals surface area (Å²) in [6, 6.07) is 47.1. The second-order valence-electron chi connectivity index (χ2n) is 13.2. The summed E-state index contributed by atoms with van der Waals surface area (Å²) in [5.74, 6) is 4.06. The van der Waals surface area contributed by atoms with Crippen LogP contribution in [0.4, 0.5) is 23.0 Å². The van der Waals surface area contributed by atoms with E-state index in [-0.39, 0.29) is 0 Å². The number of anilines is 4. The zero-order chi connectivity index (χ0) is 35.0. The van der Waals surface area contributed by atoms with Crippen LogP contribution in [0.1, 0.15) is 11.1 Å². The molecule has 8 heteroatoms. The van der Waals surface area contributed by atoms with Crippen molar-refractivity contribution in [2.75, 3.05) is 59.9 Å². The average molecular weight is 701 g/mol. The third-order valence-electron chi connectivity index (χ3n) is 10.0. The number of fused-ring (bicyclic) bond motifs is 2. The fraction of sp³-hybridized carbons (Fsp3) is 0.136. The van der Waals surface area contributed by atoms with Crippen molar-refractivity contribution in [3.8, 4) is 17.1 Å². The first-order valence-corrected chi connectivity index (χ1v) is 18.6. The van der Waals surface area contributed by atoms with Crippen LogP contribution < -0.4 is 33.5 Å². The molecule has 7 nitrogen and oxygen atoms in total. The average Bonchev–Trinajstić information content (AvgIpc) is 3.69. The first-order chi connectivity index (χ1) is 25.6. The van der Waals surface area contributed by atoms with Crippen LogP contribution in [0.5, 0.6) is 5.75 Å². The van der Waals surface area contributed by atoms with E-state index in [0.717, 1.165) is 66.3 Å². The van der Waals surface area contributed by atoms with Crippen molar-refractivity contribution in [2.45, 2.75) is 4.90 Å². The molecule has 6 aromatic rings. The molecule has 0 bridgehead atoms. The molecule has 52 heavy (non-hydrogen) atoms. The number of nitrogens with zero attached hydrogens (tertiary/aromatic N) is 6. The first kappa shape index (κ1) is 32.0. The van der Waals surface area contributed by atoms with E-state index >= 15 is 0 Å². The largest absolute Gasteiger partial charge is 0.439 e. The second-order valence-corrected chi connectivity index (χ2v) is 14.3. The molecule has 5 heterocycles. The van der Waals surface area contributed by atoms with E-state index in [4.69, 9.17) is 4.74 Å². The van der Waals surface area contributed by atoms with Crippen molar-refractivity contribution < 1.29 is 13.9 Å². The van der Waals surface area contributed by atoms with Gasteiger partial charge in [0, 0.05) is 37.2 Å². The summed E-state index contributed by atoms with van der Waals surface area (Å²) in [5, 5.41) is 1.23. The van der Waals surface area contributed by atoms with E-state index < -0.39 is 0 Å². The molecule has 256 valence electrons. The quantitative estimate of drug-likeness (QED) is 0.164. The van der Waals surface area contributed by atoms with Gasteiger partial charge in [0.15, 0.2) is 5.75 Å². The third kappa shape index (κ3) is 6.05. The summed E-state index contributed by atoms with van der Waals surface area (Å²) in [7, 11) is 4.21. The maximum absolute atomic E-state index is 6.26. The van der Waals surface area contributed by atoms with Crippen LogP contribution in [-0.4, -0.2) is 40.3 Å². The summed E-state index contributed by atoms with van der Waals surface area (Å²) in [4.78, 5) is 10.7. The molecule has 0 amide bonds. The first-order valence-electron chi connectivity index (χ1n) is 17.8. The molecule has 1 fully saturated rings. The van der Waals surface area contributed by atoms with Crippen molar-refractivity contribution in [1.29, 1.82) is 0 Å². The molecule has 2 aromatic heterocycles. The van der Waals surface area contributed by atoms with Crippen LogP contribution in [0.15, 0.2) is 162 Å². The maximum atomic E-state index is 6.26. The van der Waals surface area contributed by atoms with E-state index in [1.807, 2.05) is 30.0 Å². The SMILES string of the molecule is CN1/C(=C\c2cc[n+](-c3ccccc3)c(N3CCN(c4cc(/C=C5/Sc6ccccc6N5C)cc[n+]4-c4ccccc4)CC3)c2)Oc2ccccc21. The molecule has 0 atom stereocenters. The number of piperazine rings is 1. The van der Waals surface area contributed by atoms with Gasteiger partial charge in [-0.05, 0) is 77.9 Å². The van der Waals surface area contributed by atoms with Crippen LogP contribution >= 0.6 is 11.8 Å². The summed E-state index contributed by atoms with van der Waals surface area (Å²) in [6.07, 6.45) is 8.85. The number of aromatic nitrogens is 2. The summed E-state index contributed by atoms with van der Waals surface area (Å²) in [6.45, 7) is 3.52. The Balaban J connectivity index is 1.02. The molecule has 0 spiro atoms. The van der Waals surface area contributed by atoms with Crippen molar-refractivity contribution >= 4 is 46.9 Å². The van der Waals surface area contributed by atoms with E-state index in [9.17, 15) is 0 Å². The van der Waals surface area contributed by atoms with Gasteiger partial charge >= 0.3 is 0 Å². The number of para-hydroxylation sites is 5. The standard InChI is InChI=1S/C44H40N6OS/c1-45-37-17-9-11-19-39(37)51-43(45)31-33-21-23-49(35-13-5-3-6-14-35)41(29-33)47-25-27-48(28-26-47)42-30-34(22-24-50(42)36-15-7-4-8-16-36)32-44-46(2)38-18-10-12-20-40(38)52-44/h3-24,29-32H,25-28H2,1-2H3/q+2. The number of hydrogen-bond donors (Lipinski definition) is 0.